The molecule has 1 atom stereocenters. The van der Waals surface area contributed by atoms with Crippen LogP contribution in [0, 0.1) is 5.92 Å². The molecular weight excluding hydrogens is 256 g/mol. The number of esters is 1. The number of aromatic nitrogens is 1. The topological polar surface area (TPSA) is 59.5 Å². The molecule has 2 heterocycles. The van der Waals surface area contributed by atoms with E-state index in [0.717, 1.165) is 0 Å². The number of amides is 1. The van der Waals surface area contributed by atoms with E-state index in [0.29, 0.717) is 25.1 Å². The van der Waals surface area contributed by atoms with Crippen LogP contribution in [0.3, 0.4) is 0 Å². The van der Waals surface area contributed by atoms with Crippen LogP contribution >= 0.6 is 11.6 Å². The Morgan fingerprint density at radius 3 is 3.00 bits per heavy atom. The van der Waals surface area contributed by atoms with Gasteiger partial charge in [-0.2, -0.15) is 0 Å². The molecular formula is C12H13ClN2O3. The van der Waals surface area contributed by atoms with Crippen LogP contribution in [0.2, 0.25) is 5.15 Å². The zero-order chi connectivity index (χ0) is 13.1. The third-order valence-corrected chi connectivity index (χ3v) is 3.19. The van der Waals surface area contributed by atoms with Gasteiger partial charge >= 0.3 is 5.97 Å². The first-order valence-electron chi connectivity index (χ1n) is 5.60. The van der Waals surface area contributed by atoms with Gasteiger partial charge in [-0.3, -0.25) is 9.59 Å². The van der Waals surface area contributed by atoms with E-state index < -0.39 is 0 Å². The zero-order valence-corrected chi connectivity index (χ0v) is 10.7. The first-order valence-corrected chi connectivity index (χ1v) is 5.98. The minimum absolute atomic E-state index is 0.134. The average molecular weight is 269 g/mol. The van der Waals surface area contributed by atoms with Gasteiger partial charge in [-0.25, -0.2) is 4.98 Å². The summed E-state index contributed by atoms with van der Waals surface area (Å²) in [6.45, 7) is 0.948. The fraction of sp³-hybridized carbons (Fsp3) is 0.417. The summed E-state index contributed by atoms with van der Waals surface area (Å²) in [4.78, 5) is 29.0. The van der Waals surface area contributed by atoms with Crippen molar-refractivity contribution in [3.05, 3.63) is 29.0 Å². The highest BCUT2D eigenvalue weighted by Crippen LogP contribution is 2.20. The van der Waals surface area contributed by atoms with Gasteiger partial charge in [0, 0.05) is 24.8 Å². The molecule has 1 aromatic rings. The molecule has 1 unspecified atom stereocenters. The number of likely N-dealkylation sites (tertiary alicyclic amines) is 1. The molecule has 0 radical (unpaired) electrons. The van der Waals surface area contributed by atoms with Crippen LogP contribution in [0.4, 0.5) is 0 Å². The Morgan fingerprint density at radius 2 is 2.33 bits per heavy atom. The van der Waals surface area contributed by atoms with Gasteiger partial charge in [-0.15, -0.1) is 0 Å². The van der Waals surface area contributed by atoms with Crippen LogP contribution in [0.1, 0.15) is 16.8 Å². The molecule has 1 aliphatic rings. The lowest BCUT2D eigenvalue weighted by atomic mass is 10.1. The smallest absolute Gasteiger partial charge is 0.310 e. The van der Waals surface area contributed by atoms with E-state index in [1.165, 1.54) is 19.4 Å². The number of halogens is 1. The molecule has 0 N–H and O–H groups in total. The summed E-state index contributed by atoms with van der Waals surface area (Å²) in [5.41, 5.74) is 0.487. The number of carbonyl (C=O) groups excluding carboxylic acids is 2. The Kier molecular flexibility index (Phi) is 3.81. The van der Waals surface area contributed by atoms with Crippen molar-refractivity contribution in [3.63, 3.8) is 0 Å². The van der Waals surface area contributed by atoms with Gasteiger partial charge in [0.15, 0.2) is 0 Å². The average Bonchev–Trinajstić information content (AvgIpc) is 2.86. The van der Waals surface area contributed by atoms with E-state index in [1.807, 2.05) is 0 Å². The molecule has 96 valence electrons. The second-order valence-corrected chi connectivity index (χ2v) is 4.51. The van der Waals surface area contributed by atoms with Gasteiger partial charge in [-0.05, 0) is 18.6 Å². The summed E-state index contributed by atoms with van der Waals surface area (Å²) in [5.74, 6) is -0.625. The van der Waals surface area contributed by atoms with E-state index in [2.05, 4.69) is 9.72 Å². The molecule has 0 bridgehead atoms. The molecule has 6 heteroatoms. The van der Waals surface area contributed by atoms with E-state index in [1.54, 1.807) is 11.0 Å². The lowest BCUT2D eigenvalue weighted by Gasteiger charge is -2.16. The maximum Gasteiger partial charge on any atom is 0.310 e. The Hall–Kier alpha value is -1.62. The predicted octanol–water partition coefficient (Wildman–Crippen LogP) is 1.37. The standard InChI is InChI=1S/C12H13ClN2O3/c1-18-12(17)9-3-5-15(7-9)11(16)8-2-4-14-10(13)6-8/h2,4,6,9H,3,5,7H2,1H3. The van der Waals surface area contributed by atoms with Crippen LogP contribution < -0.4 is 0 Å². The Labute approximate surface area is 110 Å². The molecule has 1 aromatic heterocycles. The van der Waals surface area contributed by atoms with Crippen molar-refractivity contribution in [1.29, 1.82) is 0 Å². The molecule has 18 heavy (non-hydrogen) atoms. The van der Waals surface area contributed by atoms with Crippen LogP contribution in [0.5, 0.6) is 0 Å². The van der Waals surface area contributed by atoms with E-state index in [4.69, 9.17) is 11.6 Å². The molecule has 0 spiro atoms. The zero-order valence-electron chi connectivity index (χ0n) is 9.93. The van der Waals surface area contributed by atoms with Gasteiger partial charge in [-0.1, -0.05) is 11.6 Å². The largest absolute Gasteiger partial charge is 0.469 e. The van der Waals surface area contributed by atoms with Gasteiger partial charge in [0.25, 0.3) is 5.91 Å². The summed E-state index contributed by atoms with van der Waals surface area (Å²) < 4.78 is 4.68. The quantitative estimate of drug-likeness (QED) is 0.600. The van der Waals surface area contributed by atoms with E-state index in [9.17, 15) is 9.59 Å². The van der Waals surface area contributed by atoms with Crippen molar-refractivity contribution in [3.8, 4) is 0 Å². The highest BCUT2D eigenvalue weighted by atomic mass is 35.5. The molecule has 5 nitrogen and oxygen atoms in total. The van der Waals surface area contributed by atoms with Crippen molar-refractivity contribution in [1.82, 2.24) is 9.88 Å². The molecule has 1 fully saturated rings. The maximum atomic E-state index is 12.1. The molecule has 1 amide bonds. The number of methoxy groups -OCH3 is 1. The van der Waals surface area contributed by atoms with Crippen molar-refractivity contribution >= 4 is 23.5 Å². The predicted molar refractivity (Wildman–Crippen MR) is 65.3 cm³/mol. The number of nitrogens with zero attached hydrogens (tertiary/aromatic N) is 2. The van der Waals surface area contributed by atoms with Crippen LogP contribution in [-0.2, 0) is 9.53 Å². The van der Waals surface area contributed by atoms with Crippen LogP contribution in [0.25, 0.3) is 0 Å². The summed E-state index contributed by atoms with van der Waals surface area (Å²) >= 11 is 5.74. The maximum absolute atomic E-state index is 12.1. The van der Waals surface area contributed by atoms with E-state index >= 15 is 0 Å². The molecule has 1 saturated heterocycles. The van der Waals surface area contributed by atoms with E-state index in [-0.39, 0.29) is 22.9 Å². The summed E-state index contributed by atoms with van der Waals surface area (Å²) in [7, 11) is 1.36. The highest BCUT2D eigenvalue weighted by molar-refractivity contribution is 6.29. The van der Waals surface area contributed by atoms with Crippen molar-refractivity contribution in [2.45, 2.75) is 6.42 Å². The Balaban J connectivity index is 2.06. The Bertz CT molecular complexity index is 478. The number of rotatable bonds is 2. The molecule has 2 rings (SSSR count). The van der Waals surface area contributed by atoms with Gasteiger partial charge in [0.2, 0.25) is 0 Å². The van der Waals surface area contributed by atoms with Gasteiger partial charge in [0.1, 0.15) is 5.15 Å². The van der Waals surface area contributed by atoms with Crippen molar-refractivity contribution in [2.75, 3.05) is 20.2 Å². The minimum atomic E-state index is -0.266. The van der Waals surface area contributed by atoms with Crippen molar-refractivity contribution < 1.29 is 14.3 Å². The summed E-state index contributed by atoms with van der Waals surface area (Å²) in [6, 6.07) is 3.13. The monoisotopic (exact) mass is 268 g/mol. The Morgan fingerprint density at radius 1 is 1.56 bits per heavy atom. The third kappa shape index (κ3) is 2.61. The molecule has 0 aromatic carbocycles. The fourth-order valence-electron chi connectivity index (χ4n) is 2.02. The number of ether oxygens (including phenoxy) is 1. The van der Waals surface area contributed by atoms with Gasteiger partial charge in [0.05, 0.1) is 13.0 Å². The first kappa shape index (κ1) is 12.8. The summed E-state index contributed by atoms with van der Waals surface area (Å²) in [6.07, 6.45) is 2.13. The summed E-state index contributed by atoms with van der Waals surface area (Å²) in [5, 5.41) is 0.282. The number of pyridine rings is 1. The SMILES string of the molecule is COC(=O)C1CCN(C(=O)c2ccnc(Cl)c2)C1. The van der Waals surface area contributed by atoms with Crippen LogP contribution in [0.15, 0.2) is 18.3 Å². The molecule has 1 aliphatic heterocycles. The second-order valence-electron chi connectivity index (χ2n) is 4.13. The molecule has 0 aliphatic carbocycles. The first-order chi connectivity index (χ1) is 8.61. The third-order valence-electron chi connectivity index (χ3n) is 2.98. The normalized spacial score (nSPS) is 18.8. The number of hydrogen-bond donors (Lipinski definition) is 0. The van der Waals surface area contributed by atoms with Gasteiger partial charge < -0.3 is 9.64 Å². The second kappa shape index (κ2) is 5.35. The lowest BCUT2D eigenvalue weighted by Crippen LogP contribution is -2.30. The fourth-order valence-corrected chi connectivity index (χ4v) is 2.20. The number of hydrogen-bond acceptors (Lipinski definition) is 4. The lowest BCUT2D eigenvalue weighted by molar-refractivity contribution is -0.144. The number of carbonyl (C=O) groups is 2. The van der Waals surface area contributed by atoms with Crippen LogP contribution in [-0.4, -0.2) is 42.0 Å². The minimum Gasteiger partial charge on any atom is -0.469 e. The highest BCUT2D eigenvalue weighted by Gasteiger charge is 2.32. The van der Waals surface area contributed by atoms with Crippen molar-refractivity contribution in [2.24, 2.45) is 5.92 Å². The molecule has 0 saturated carbocycles.